The summed E-state index contributed by atoms with van der Waals surface area (Å²) in [5, 5.41) is 13.0. The summed E-state index contributed by atoms with van der Waals surface area (Å²) in [5.41, 5.74) is 2.49. The number of nitrogens with zero attached hydrogens (tertiary/aromatic N) is 1. The second kappa shape index (κ2) is 7.33. The van der Waals surface area contributed by atoms with E-state index in [9.17, 15) is 9.90 Å². The molecule has 0 aliphatic carbocycles. The van der Waals surface area contributed by atoms with Gasteiger partial charge >= 0.3 is 0 Å². The Bertz CT molecular complexity index is 1120. The van der Waals surface area contributed by atoms with Gasteiger partial charge in [-0.1, -0.05) is 37.3 Å². The first-order valence-corrected chi connectivity index (χ1v) is 10.1. The molecular weight excluding hydrogens is 378 g/mol. The van der Waals surface area contributed by atoms with E-state index in [2.05, 4.69) is 6.92 Å². The molecule has 1 aliphatic heterocycles. The quantitative estimate of drug-likeness (QED) is 0.662. The molecule has 1 amide bonds. The zero-order valence-electron chi connectivity index (χ0n) is 18.0. The van der Waals surface area contributed by atoms with Gasteiger partial charge in [-0.05, 0) is 60.4 Å². The third-order valence-corrected chi connectivity index (χ3v) is 6.18. The first-order chi connectivity index (χ1) is 14.3. The average Bonchev–Trinajstić information content (AvgIpc) is 3.02. The number of aliphatic hydroxyl groups excluding tert-OH is 1. The molecule has 0 bridgehead atoms. The molecule has 3 aromatic rings. The molecule has 0 fully saturated rings. The minimum atomic E-state index is -1.02. The Morgan fingerprint density at radius 1 is 1.00 bits per heavy atom. The lowest BCUT2D eigenvalue weighted by Crippen LogP contribution is -2.44. The van der Waals surface area contributed by atoms with E-state index < -0.39 is 11.8 Å². The number of benzene rings is 3. The minimum Gasteiger partial charge on any atom is -0.493 e. The van der Waals surface area contributed by atoms with Crippen LogP contribution in [0.1, 0.15) is 54.0 Å². The molecule has 1 heterocycles. The lowest BCUT2D eigenvalue weighted by molar-refractivity contribution is -0.0305. The van der Waals surface area contributed by atoms with Crippen molar-refractivity contribution in [3.63, 3.8) is 0 Å². The first-order valence-electron chi connectivity index (χ1n) is 10.1. The van der Waals surface area contributed by atoms with Crippen molar-refractivity contribution in [3.8, 4) is 11.5 Å². The summed E-state index contributed by atoms with van der Waals surface area (Å²) in [7, 11) is 3.18. The van der Waals surface area contributed by atoms with Crippen LogP contribution < -0.4 is 9.47 Å². The van der Waals surface area contributed by atoms with E-state index in [4.69, 9.17) is 9.47 Å². The van der Waals surface area contributed by atoms with Crippen molar-refractivity contribution in [1.82, 2.24) is 4.90 Å². The number of fused-ring (bicyclic) bond motifs is 3. The van der Waals surface area contributed by atoms with Crippen molar-refractivity contribution in [2.45, 2.75) is 39.0 Å². The molecule has 0 spiro atoms. The van der Waals surface area contributed by atoms with Crippen LogP contribution in [0.3, 0.4) is 0 Å². The van der Waals surface area contributed by atoms with Crippen LogP contribution in [0.5, 0.6) is 11.5 Å². The lowest BCUT2D eigenvalue weighted by Gasteiger charge is -2.38. The average molecular weight is 405 g/mol. The molecule has 5 heteroatoms. The summed E-state index contributed by atoms with van der Waals surface area (Å²) in [5.74, 6) is 0.988. The van der Waals surface area contributed by atoms with Gasteiger partial charge in [-0.3, -0.25) is 9.69 Å². The fourth-order valence-electron chi connectivity index (χ4n) is 4.49. The largest absolute Gasteiger partial charge is 0.493 e. The number of ether oxygens (including phenoxy) is 2. The molecule has 3 aromatic carbocycles. The molecule has 1 atom stereocenters. The number of carbonyl (C=O) groups is 1. The maximum Gasteiger partial charge on any atom is 0.257 e. The topological polar surface area (TPSA) is 59.0 Å². The Labute approximate surface area is 176 Å². The molecule has 0 aromatic heterocycles. The fourth-order valence-corrected chi connectivity index (χ4v) is 4.49. The molecular formula is C25H27NO4. The number of carbonyl (C=O) groups excluding carboxylic acids is 1. The molecule has 4 rings (SSSR count). The Hall–Kier alpha value is -3.05. The van der Waals surface area contributed by atoms with Crippen LogP contribution in [0.25, 0.3) is 10.8 Å². The molecule has 1 unspecified atom stereocenters. The summed E-state index contributed by atoms with van der Waals surface area (Å²) < 4.78 is 11.0. The third-order valence-electron chi connectivity index (χ3n) is 6.18. The summed E-state index contributed by atoms with van der Waals surface area (Å²) in [6, 6.07) is 15.5. The lowest BCUT2D eigenvalue weighted by atomic mass is 9.92. The number of rotatable bonds is 5. The highest BCUT2D eigenvalue weighted by molar-refractivity contribution is 6.12. The predicted octanol–water partition coefficient (Wildman–Crippen LogP) is 4.80. The van der Waals surface area contributed by atoms with E-state index in [1.54, 1.807) is 19.1 Å². The normalized spacial score (nSPS) is 16.1. The van der Waals surface area contributed by atoms with Gasteiger partial charge in [0, 0.05) is 5.56 Å². The monoisotopic (exact) mass is 405 g/mol. The highest BCUT2D eigenvalue weighted by atomic mass is 16.5. The van der Waals surface area contributed by atoms with Crippen molar-refractivity contribution in [2.75, 3.05) is 14.2 Å². The smallest absolute Gasteiger partial charge is 0.257 e. The van der Waals surface area contributed by atoms with Gasteiger partial charge in [0.15, 0.2) is 17.7 Å². The summed E-state index contributed by atoms with van der Waals surface area (Å²) in [6.45, 7) is 5.98. The van der Waals surface area contributed by atoms with Crippen LogP contribution in [-0.2, 0) is 12.0 Å². The summed E-state index contributed by atoms with van der Waals surface area (Å²) in [4.78, 5) is 15.3. The summed E-state index contributed by atoms with van der Waals surface area (Å²) in [6.07, 6.45) is -0.257. The van der Waals surface area contributed by atoms with Gasteiger partial charge in [-0.15, -0.1) is 0 Å². The number of aliphatic hydroxyl groups is 1. The Balaban J connectivity index is 1.96. The fraction of sp³-hybridized carbons (Fsp3) is 0.320. The Kier molecular flexibility index (Phi) is 4.94. The molecule has 156 valence electrons. The molecule has 1 aliphatic rings. The van der Waals surface area contributed by atoms with Gasteiger partial charge in [0.1, 0.15) is 0 Å². The van der Waals surface area contributed by atoms with Crippen LogP contribution in [0, 0.1) is 0 Å². The van der Waals surface area contributed by atoms with E-state index in [-0.39, 0.29) is 5.91 Å². The van der Waals surface area contributed by atoms with Crippen molar-refractivity contribution in [3.05, 3.63) is 70.8 Å². The van der Waals surface area contributed by atoms with Crippen molar-refractivity contribution >= 4 is 16.7 Å². The number of amides is 1. The summed E-state index contributed by atoms with van der Waals surface area (Å²) >= 11 is 0. The maximum absolute atomic E-state index is 13.7. The number of hydrogen-bond donors (Lipinski definition) is 1. The highest BCUT2D eigenvalue weighted by Gasteiger charge is 2.45. The van der Waals surface area contributed by atoms with Crippen LogP contribution in [0.15, 0.2) is 48.5 Å². The molecule has 0 radical (unpaired) electrons. The zero-order valence-corrected chi connectivity index (χ0v) is 18.0. The predicted molar refractivity (Wildman–Crippen MR) is 117 cm³/mol. The number of aryl methyl sites for hydroxylation is 1. The van der Waals surface area contributed by atoms with Gasteiger partial charge in [0.05, 0.1) is 25.3 Å². The Morgan fingerprint density at radius 3 is 2.17 bits per heavy atom. The van der Waals surface area contributed by atoms with Gasteiger partial charge in [0.2, 0.25) is 0 Å². The zero-order chi connectivity index (χ0) is 21.6. The van der Waals surface area contributed by atoms with Crippen molar-refractivity contribution in [2.24, 2.45) is 0 Å². The maximum atomic E-state index is 13.7. The third kappa shape index (κ3) is 2.84. The van der Waals surface area contributed by atoms with Crippen molar-refractivity contribution < 1.29 is 19.4 Å². The van der Waals surface area contributed by atoms with E-state index in [1.807, 2.05) is 62.4 Å². The number of methoxy groups -OCH3 is 2. The second-order valence-electron chi connectivity index (χ2n) is 8.08. The molecule has 0 saturated heterocycles. The molecule has 1 N–H and O–H groups in total. The van der Waals surface area contributed by atoms with Crippen LogP contribution in [-0.4, -0.2) is 30.1 Å². The second-order valence-corrected chi connectivity index (χ2v) is 8.08. The van der Waals surface area contributed by atoms with Crippen LogP contribution >= 0.6 is 0 Å². The number of hydrogen-bond acceptors (Lipinski definition) is 4. The Morgan fingerprint density at radius 2 is 1.60 bits per heavy atom. The minimum absolute atomic E-state index is 0.189. The highest BCUT2D eigenvalue weighted by Crippen LogP contribution is 2.46. The van der Waals surface area contributed by atoms with Crippen LogP contribution in [0.4, 0.5) is 0 Å². The van der Waals surface area contributed by atoms with Gasteiger partial charge in [-0.2, -0.15) is 0 Å². The molecule has 5 nitrogen and oxygen atoms in total. The van der Waals surface area contributed by atoms with E-state index >= 15 is 0 Å². The standard InChI is InChI=1S/C25H27NO4/c1-6-15-12-19-22(18-14-21(30-5)20(29-4)13-17(15)18)24(28)26(23(19)27)25(2,3)16-10-8-7-9-11-16/h7-14,23,27H,6H2,1-5H3. The van der Waals surface area contributed by atoms with E-state index in [0.29, 0.717) is 22.6 Å². The molecule has 0 saturated carbocycles. The SMILES string of the molecule is CCc1cc2c(c3cc(OC)c(OC)cc13)C(=O)N(C(C)(C)c1ccccc1)C2O. The first kappa shape index (κ1) is 20.2. The van der Waals surface area contributed by atoms with Gasteiger partial charge in [0.25, 0.3) is 5.91 Å². The molecule has 30 heavy (non-hydrogen) atoms. The van der Waals surface area contributed by atoms with E-state index in [1.165, 1.54) is 0 Å². The van der Waals surface area contributed by atoms with Gasteiger partial charge < -0.3 is 14.6 Å². The van der Waals surface area contributed by atoms with E-state index in [0.717, 1.165) is 28.3 Å². The van der Waals surface area contributed by atoms with Crippen LogP contribution in [0.2, 0.25) is 0 Å². The van der Waals surface area contributed by atoms with Crippen molar-refractivity contribution in [1.29, 1.82) is 0 Å². The van der Waals surface area contributed by atoms with Gasteiger partial charge in [-0.25, -0.2) is 0 Å².